The van der Waals surface area contributed by atoms with Gasteiger partial charge in [-0.3, -0.25) is 4.98 Å². The number of hydrogen-bond donors (Lipinski definition) is 0. The summed E-state index contributed by atoms with van der Waals surface area (Å²) in [5, 5.41) is 9.03. The van der Waals surface area contributed by atoms with Crippen LogP contribution in [0.3, 0.4) is 0 Å². The minimum Gasteiger partial charge on any atom is -0.259 e. The Morgan fingerprint density at radius 3 is 2.71 bits per heavy atom. The fourth-order valence-electron chi connectivity index (χ4n) is 1.17. The molecule has 1 aromatic heterocycles. The third-order valence-electron chi connectivity index (χ3n) is 1.94. The van der Waals surface area contributed by atoms with Crippen molar-refractivity contribution in [2.45, 2.75) is 18.7 Å². The third-order valence-corrected chi connectivity index (χ3v) is 2.47. The Bertz CT molecular complexity index is 385. The van der Waals surface area contributed by atoms with Crippen molar-refractivity contribution in [1.29, 1.82) is 5.26 Å². The molecule has 0 atom stereocenters. The zero-order chi connectivity index (χ0) is 10.7. The molecule has 0 amide bonds. The smallest absolute Gasteiger partial charge is 0.259 e. The number of rotatable bonds is 2. The van der Waals surface area contributed by atoms with Gasteiger partial charge in [0.2, 0.25) is 0 Å². The van der Waals surface area contributed by atoms with Gasteiger partial charge in [0.15, 0.2) is 0 Å². The van der Waals surface area contributed by atoms with Gasteiger partial charge in [-0.25, -0.2) is 8.78 Å². The molecule has 2 nitrogen and oxygen atoms in total. The maximum atomic E-state index is 12.6. The van der Waals surface area contributed by atoms with Crippen LogP contribution in [0.4, 0.5) is 8.78 Å². The molecule has 0 fully saturated rings. The maximum absolute atomic E-state index is 12.6. The van der Waals surface area contributed by atoms with Gasteiger partial charge in [0.25, 0.3) is 6.43 Å². The summed E-state index contributed by atoms with van der Waals surface area (Å²) in [5.41, 5.74) is 0.661. The van der Waals surface area contributed by atoms with E-state index in [0.717, 1.165) is 0 Å². The highest BCUT2D eigenvalue weighted by Gasteiger charge is 2.18. The second-order valence-electron chi connectivity index (χ2n) is 2.70. The fraction of sp³-hybridized carbons (Fsp3) is 0.333. The zero-order valence-electron chi connectivity index (χ0n) is 7.39. The minimum atomic E-state index is -2.63. The van der Waals surface area contributed by atoms with Crippen molar-refractivity contribution in [2.24, 2.45) is 0 Å². The first kappa shape index (κ1) is 11.1. The van der Waals surface area contributed by atoms with Gasteiger partial charge in [-0.1, -0.05) is 15.9 Å². The van der Waals surface area contributed by atoms with Gasteiger partial charge in [-0.15, -0.1) is 0 Å². The quantitative estimate of drug-likeness (QED) is 0.767. The Morgan fingerprint density at radius 1 is 1.64 bits per heavy atom. The lowest BCUT2D eigenvalue weighted by Gasteiger charge is -2.09. The molecule has 0 aromatic carbocycles. The molecule has 74 valence electrons. The van der Waals surface area contributed by atoms with Crippen LogP contribution in [0.15, 0.2) is 6.20 Å². The summed E-state index contributed by atoms with van der Waals surface area (Å²) in [6, 6.07) is 1.71. The molecule has 0 N–H and O–H groups in total. The van der Waals surface area contributed by atoms with Crippen LogP contribution in [-0.2, 0) is 5.33 Å². The van der Waals surface area contributed by atoms with Crippen LogP contribution >= 0.6 is 15.9 Å². The molecule has 14 heavy (non-hydrogen) atoms. The number of nitrogens with zero attached hydrogens (tertiary/aromatic N) is 2. The van der Waals surface area contributed by atoms with Gasteiger partial charge in [-0.05, 0) is 12.5 Å². The predicted molar refractivity (Wildman–Crippen MR) is 51.3 cm³/mol. The van der Waals surface area contributed by atoms with Crippen LogP contribution < -0.4 is 0 Å². The van der Waals surface area contributed by atoms with Crippen LogP contribution in [0, 0.1) is 18.3 Å². The summed E-state index contributed by atoms with van der Waals surface area (Å²) in [4.78, 5) is 3.91. The van der Waals surface area contributed by atoms with E-state index < -0.39 is 6.43 Å². The Labute approximate surface area is 88.7 Å². The van der Waals surface area contributed by atoms with E-state index in [9.17, 15) is 8.78 Å². The fourth-order valence-corrected chi connectivity index (χ4v) is 1.74. The van der Waals surface area contributed by atoms with Crippen molar-refractivity contribution in [3.8, 4) is 6.07 Å². The lowest BCUT2D eigenvalue weighted by molar-refractivity contribution is 0.150. The molecule has 1 heterocycles. The van der Waals surface area contributed by atoms with Crippen LogP contribution in [0.2, 0.25) is 0 Å². The lowest BCUT2D eigenvalue weighted by Crippen LogP contribution is -2.01. The van der Waals surface area contributed by atoms with Gasteiger partial charge >= 0.3 is 0 Å². The Balaban J connectivity index is 3.41. The van der Waals surface area contributed by atoms with Crippen molar-refractivity contribution in [3.05, 3.63) is 28.6 Å². The highest BCUT2D eigenvalue weighted by molar-refractivity contribution is 9.08. The monoisotopic (exact) mass is 260 g/mol. The van der Waals surface area contributed by atoms with Gasteiger partial charge < -0.3 is 0 Å². The average molecular weight is 261 g/mol. The zero-order valence-corrected chi connectivity index (χ0v) is 8.98. The Hall–Kier alpha value is -1.02. The van der Waals surface area contributed by atoms with Crippen molar-refractivity contribution >= 4 is 15.9 Å². The third kappa shape index (κ3) is 1.90. The second-order valence-corrected chi connectivity index (χ2v) is 3.26. The molecule has 0 bridgehead atoms. The van der Waals surface area contributed by atoms with Crippen molar-refractivity contribution < 1.29 is 8.78 Å². The number of pyridine rings is 1. The van der Waals surface area contributed by atoms with Gasteiger partial charge in [-0.2, -0.15) is 5.26 Å². The summed E-state index contributed by atoms with van der Waals surface area (Å²) < 4.78 is 25.2. The predicted octanol–water partition coefficient (Wildman–Crippen LogP) is 3.09. The number of alkyl halides is 3. The molecule has 1 rings (SSSR count). The molecule has 0 unspecified atom stereocenters. The normalized spacial score (nSPS) is 10.3. The molecule has 0 radical (unpaired) electrons. The number of aromatic nitrogens is 1. The number of nitriles is 1. The first-order valence-electron chi connectivity index (χ1n) is 3.84. The van der Waals surface area contributed by atoms with E-state index in [1.165, 1.54) is 6.20 Å². The van der Waals surface area contributed by atoms with E-state index in [-0.39, 0.29) is 11.1 Å². The number of halogens is 3. The molecule has 0 aliphatic heterocycles. The molecule has 5 heteroatoms. The van der Waals surface area contributed by atoms with Crippen molar-refractivity contribution in [3.63, 3.8) is 0 Å². The summed E-state index contributed by atoms with van der Waals surface area (Å²) in [7, 11) is 0. The van der Waals surface area contributed by atoms with E-state index in [0.29, 0.717) is 16.6 Å². The standard InChI is InChI=1S/C9H7BrF2N2/c1-5-7(2-10)14-4-6(3-13)8(5)9(11)12/h4,9H,2H2,1H3. The molecular formula is C9H7BrF2N2. The largest absolute Gasteiger partial charge is 0.265 e. The molecule has 0 aliphatic rings. The summed E-state index contributed by atoms with van der Waals surface area (Å²) in [6.45, 7) is 1.55. The van der Waals surface area contributed by atoms with Crippen LogP contribution in [-0.4, -0.2) is 4.98 Å². The molecule has 1 aromatic rings. The van der Waals surface area contributed by atoms with Crippen LogP contribution in [0.5, 0.6) is 0 Å². The van der Waals surface area contributed by atoms with Crippen molar-refractivity contribution in [2.75, 3.05) is 0 Å². The minimum absolute atomic E-state index is 0.0535. The van der Waals surface area contributed by atoms with E-state index in [2.05, 4.69) is 20.9 Å². The molecular weight excluding hydrogens is 254 g/mol. The van der Waals surface area contributed by atoms with E-state index in [1.54, 1.807) is 13.0 Å². The van der Waals surface area contributed by atoms with Crippen LogP contribution in [0.25, 0.3) is 0 Å². The average Bonchev–Trinajstić information content (AvgIpc) is 2.16. The van der Waals surface area contributed by atoms with Gasteiger partial charge in [0.05, 0.1) is 11.3 Å². The topological polar surface area (TPSA) is 36.7 Å². The molecule has 0 saturated carbocycles. The highest BCUT2D eigenvalue weighted by atomic mass is 79.9. The maximum Gasteiger partial charge on any atom is 0.265 e. The first-order valence-corrected chi connectivity index (χ1v) is 4.96. The summed E-state index contributed by atoms with van der Waals surface area (Å²) in [6.07, 6.45) is -1.45. The lowest BCUT2D eigenvalue weighted by atomic mass is 10.0. The van der Waals surface area contributed by atoms with Gasteiger partial charge in [0.1, 0.15) is 6.07 Å². The van der Waals surface area contributed by atoms with E-state index in [1.807, 2.05) is 0 Å². The first-order chi connectivity index (χ1) is 6.61. The SMILES string of the molecule is Cc1c(CBr)ncc(C#N)c1C(F)F. The second kappa shape index (κ2) is 4.47. The molecule has 0 saturated heterocycles. The van der Waals surface area contributed by atoms with Crippen LogP contribution in [0.1, 0.15) is 28.8 Å². The highest BCUT2D eigenvalue weighted by Crippen LogP contribution is 2.27. The van der Waals surface area contributed by atoms with Gasteiger partial charge in [0, 0.05) is 17.1 Å². The Kier molecular flexibility index (Phi) is 3.53. The van der Waals surface area contributed by atoms with E-state index >= 15 is 0 Å². The Morgan fingerprint density at radius 2 is 2.29 bits per heavy atom. The molecule has 0 aliphatic carbocycles. The summed E-state index contributed by atoms with van der Waals surface area (Å²) in [5.74, 6) is 0. The number of hydrogen-bond acceptors (Lipinski definition) is 2. The molecule has 0 spiro atoms. The van der Waals surface area contributed by atoms with Crippen molar-refractivity contribution in [1.82, 2.24) is 4.98 Å². The van der Waals surface area contributed by atoms with E-state index in [4.69, 9.17) is 5.26 Å². The summed E-state index contributed by atoms with van der Waals surface area (Å²) >= 11 is 3.15.